The normalized spacial score (nSPS) is 16.4. The SMILES string of the molecule is CCN1Cc2c(Sc3ccccc3)c3ccccc3n2C1c1ccc(Cl)cc1Cl. The second kappa shape index (κ2) is 7.73. The minimum atomic E-state index is 0.0646. The predicted octanol–water partition coefficient (Wildman–Crippen LogP) is 7.48. The molecule has 1 aromatic heterocycles. The number of hydrogen-bond donors (Lipinski definition) is 0. The van der Waals surface area contributed by atoms with Gasteiger partial charge in [-0.3, -0.25) is 4.90 Å². The van der Waals surface area contributed by atoms with Gasteiger partial charge in [0.15, 0.2) is 0 Å². The van der Waals surface area contributed by atoms with E-state index >= 15 is 0 Å². The van der Waals surface area contributed by atoms with Crippen LogP contribution in [0.1, 0.15) is 24.3 Å². The van der Waals surface area contributed by atoms with Crippen LogP contribution >= 0.6 is 35.0 Å². The maximum Gasteiger partial charge on any atom is 0.115 e. The number of halogens is 2. The Labute approximate surface area is 185 Å². The van der Waals surface area contributed by atoms with E-state index in [9.17, 15) is 0 Å². The highest BCUT2D eigenvalue weighted by atomic mass is 35.5. The summed E-state index contributed by atoms with van der Waals surface area (Å²) in [6, 6.07) is 25.1. The fourth-order valence-corrected chi connectivity index (χ4v) is 5.81. The Balaban J connectivity index is 1.72. The zero-order valence-electron chi connectivity index (χ0n) is 16.0. The molecule has 2 heterocycles. The lowest BCUT2D eigenvalue weighted by atomic mass is 10.1. The molecule has 1 atom stereocenters. The summed E-state index contributed by atoms with van der Waals surface area (Å²) in [5, 5.41) is 2.67. The average molecular weight is 439 g/mol. The van der Waals surface area contributed by atoms with Gasteiger partial charge in [0.25, 0.3) is 0 Å². The van der Waals surface area contributed by atoms with E-state index in [1.807, 2.05) is 23.9 Å². The van der Waals surface area contributed by atoms with Crippen molar-refractivity contribution in [3.05, 3.63) is 94.1 Å². The molecule has 0 N–H and O–H groups in total. The number of nitrogens with zero attached hydrogens (tertiary/aromatic N) is 2. The van der Waals surface area contributed by atoms with Gasteiger partial charge in [-0.05, 0) is 36.9 Å². The van der Waals surface area contributed by atoms with Gasteiger partial charge in [0, 0.05) is 43.0 Å². The van der Waals surface area contributed by atoms with Crippen LogP contribution in [0, 0.1) is 0 Å². The van der Waals surface area contributed by atoms with Gasteiger partial charge in [0.1, 0.15) is 6.17 Å². The predicted molar refractivity (Wildman–Crippen MR) is 123 cm³/mol. The Morgan fingerprint density at radius 3 is 2.48 bits per heavy atom. The Hall–Kier alpha value is -1.91. The Bertz CT molecular complexity index is 1190. The molecule has 3 aromatic carbocycles. The molecule has 0 saturated heterocycles. The first-order valence-corrected chi connectivity index (χ1v) is 11.3. The molecule has 1 aliphatic heterocycles. The van der Waals surface area contributed by atoms with E-state index in [0.717, 1.165) is 18.7 Å². The molecule has 29 heavy (non-hydrogen) atoms. The molecular weight excluding hydrogens is 419 g/mol. The van der Waals surface area contributed by atoms with Gasteiger partial charge >= 0.3 is 0 Å². The first-order valence-electron chi connectivity index (χ1n) is 9.71. The van der Waals surface area contributed by atoms with Crippen molar-refractivity contribution in [3.8, 4) is 0 Å². The lowest BCUT2D eigenvalue weighted by molar-refractivity contribution is 0.223. The van der Waals surface area contributed by atoms with E-state index in [2.05, 4.69) is 77.1 Å². The molecular formula is C24H20Cl2N2S. The minimum Gasteiger partial charge on any atom is -0.322 e. The van der Waals surface area contributed by atoms with Crippen LogP contribution in [0.3, 0.4) is 0 Å². The summed E-state index contributed by atoms with van der Waals surface area (Å²) in [5.74, 6) is 0. The number of hydrogen-bond acceptors (Lipinski definition) is 2. The van der Waals surface area contributed by atoms with Crippen LogP contribution in [-0.2, 0) is 6.54 Å². The lowest BCUT2D eigenvalue weighted by Crippen LogP contribution is -2.25. The summed E-state index contributed by atoms with van der Waals surface area (Å²) in [5.41, 5.74) is 3.68. The summed E-state index contributed by atoms with van der Waals surface area (Å²) in [4.78, 5) is 5.05. The summed E-state index contributed by atoms with van der Waals surface area (Å²) < 4.78 is 2.46. The molecule has 0 saturated carbocycles. The standard InChI is InChI=1S/C24H20Cl2N2S/c1-2-27-15-22-23(29-17-8-4-3-5-9-17)19-10-6-7-11-21(19)28(22)24(27)18-13-12-16(25)14-20(18)26/h3-14,24H,2,15H2,1H3. The number of para-hydroxylation sites is 1. The van der Waals surface area contributed by atoms with E-state index < -0.39 is 0 Å². The molecule has 0 spiro atoms. The van der Waals surface area contributed by atoms with E-state index in [1.54, 1.807) is 0 Å². The summed E-state index contributed by atoms with van der Waals surface area (Å²) >= 11 is 14.7. The van der Waals surface area contributed by atoms with Gasteiger partial charge in [-0.2, -0.15) is 0 Å². The summed E-state index contributed by atoms with van der Waals surface area (Å²) in [7, 11) is 0. The van der Waals surface area contributed by atoms with Crippen molar-refractivity contribution in [3.63, 3.8) is 0 Å². The zero-order valence-corrected chi connectivity index (χ0v) is 18.3. The van der Waals surface area contributed by atoms with Crippen molar-refractivity contribution in [2.75, 3.05) is 6.54 Å². The smallest absolute Gasteiger partial charge is 0.115 e. The third kappa shape index (κ3) is 3.27. The van der Waals surface area contributed by atoms with Crippen LogP contribution in [0.4, 0.5) is 0 Å². The quantitative estimate of drug-likeness (QED) is 0.326. The van der Waals surface area contributed by atoms with E-state index in [-0.39, 0.29) is 6.17 Å². The fraction of sp³-hybridized carbons (Fsp3) is 0.167. The van der Waals surface area contributed by atoms with Crippen LogP contribution in [0.25, 0.3) is 10.9 Å². The molecule has 5 heteroatoms. The molecule has 4 aromatic rings. The first kappa shape index (κ1) is 19.1. The van der Waals surface area contributed by atoms with Crippen molar-refractivity contribution in [1.29, 1.82) is 0 Å². The Kier molecular flexibility index (Phi) is 5.09. The minimum absolute atomic E-state index is 0.0646. The Morgan fingerprint density at radius 2 is 1.72 bits per heavy atom. The molecule has 0 aliphatic carbocycles. The van der Waals surface area contributed by atoms with Crippen LogP contribution in [0.2, 0.25) is 10.0 Å². The van der Waals surface area contributed by atoms with Crippen molar-refractivity contribution < 1.29 is 0 Å². The Morgan fingerprint density at radius 1 is 0.966 bits per heavy atom. The molecule has 2 nitrogen and oxygen atoms in total. The van der Waals surface area contributed by atoms with Gasteiger partial charge in [-0.25, -0.2) is 0 Å². The highest BCUT2D eigenvalue weighted by molar-refractivity contribution is 7.99. The third-order valence-electron chi connectivity index (χ3n) is 5.51. The number of aromatic nitrogens is 1. The molecule has 146 valence electrons. The summed E-state index contributed by atoms with van der Waals surface area (Å²) in [6.45, 7) is 4.04. The average Bonchev–Trinajstić information content (AvgIpc) is 3.25. The molecule has 1 unspecified atom stereocenters. The van der Waals surface area contributed by atoms with Crippen molar-refractivity contribution in [2.45, 2.75) is 29.4 Å². The molecule has 0 radical (unpaired) electrons. The van der Waals surface area contributed by atoms with Crippen LogP contribution in [-0.4, -0.2) is 16.0 Å². The maximum absolute atomic E-state index is 6.66. The second-order valence-electron chi connectivity index (χ2n) is 7.18. The van der Waals surface area contributed by atoms with Gasteiger partial charge in [-0.15, -0.1) is 0 Å². The number of rotatable bonds is 4. The topological polar surface area (TPSA) is 8.17 Å². The first-order chi connectivity index (χ1) is 14.2. The van der Waals surface area contributed by atoms with Gasteiger partial charge in [0.05, 0.1) is 5.52 Å². The van der Waals surface area contributed by atoms with Gasteiger partial charge in [0.2, 0.25) is 0 Å². The fourth-order valence-electron chi connectivity index (χ4n) is 4.21. The molecule has 0 bridgehead atoms. The maximum atomic E-state index is 6.66. The zero-order chi connectivity index (χ0) is 20.0. The van der Waals surface area contributed by atoms with Crippen molar-refractivity contribution in [2.24, 2.45) is 0 Å². The van der Waals surface area contributed by atoms with E-state index in [1.165, 1.54) is 26.4 Å². The molecule has 5 rings (SSSR count). The van der Waals surface area contributed by atoms with Crippen molar-refractivity contribution in [1.82, 2.24) is 9.47 Å². The highest BCUT2D eigenvalue weighted by Gasteiger charge is 2.35. The van der Waals surface area contributed by atoms with E-state index in [4.69, 9.17) is 23.2 Å². The van der Waals surface area contributed by atoms with E-state index in [0.29, 0.717) is 10.0 Å². The molecule has 1 aliphatic rings. The molecule has 0 amide bonds. The highest BCUT2D eigenvalue weighted by Crippen LogP contribution is 2.47. The number of fused-ring (bicyclic) bond motifs is 3. The largest absolute Gasteiger partial charge is 0.322 e. The van der Waals surface area contributed by atoms with Crippen LogP contribution in [0.15, 0.2) is 82.6 Å². The second-order valence-corrected chi connectivity index (χ2v) is 9.11. The summed E-state index contributed by atoms with van der Waals surface area (Å²) in [6.07, 6.45) is 0.0646. The lowest BCUT2D eigenvalue weighted by Gasteiger charge is -2.26. The van der Waals surface area contributed by atoms with Crippen LogP contribution in [0.5, 0.6) is 0 Å². The van der Waals surface area contributed by atoms with Gasteiger partial charge < -0.3 is 4.57 Å². The monoisotopic (exact) mass is 438 g/mol. The molecule has 0 fully saturated rings. The third-order valence-corrected chi connectivity index (χ3v) is 7.24. The van der Waals surface area contributed by atoms with Gasteiger partial charge in [-0.1, -0.05) is 84.4 Å². The van der Waals surface area contributed by atoms with Crippen molar-refractivity contribution >= 4 is 45.9 Å². The number of benzene rings is 3. The van der Waals surface area contributed by atoms with Crippen LogP contribution < -0.4 is 0 Å².